The Bertz CT molecular complexity index is 568. The maximum Gasteiger partial charge on any atom is 0.338 e. The number of aromatic carboxylic acids is 1. The summed E-state index contributed by atoms with van der Waals surface area (Å²) in [5, 5.41) is 12.8. The van der Waals surface area contributed by atoms with Gasteiger partial charge in [-0.25, -0.2) is 4.79 Å². The van der Waals surface area contributed by atoms with Crippen molar-refractivity contribution >= 4 is 17.2 Å². The minimum atomic E-state index is -0.870. The molecule has 3 nitrogen and oxygen atoms in total. The highest BCUT2D eigenvalue weighted by Gasteiger charge is 2.28. The van der Waals surface area contributed by atoms with Crippen LogP contribution in [0.2, 0.25) is 0 Å². The van der Waals surface area contributed by atoms with Crippen molar-refractivity contribution in [1.82, 2.24) is 0 Å². The normalized spacial score (nSPS) is 16.6. The predicted octanol–water partition coefficient (Wildman–Crippen LogP) is 3.61. The number of carbonyl (C=O) groups is 1. The minimum absolute atomic E-state index is 0.219. The summed E-state index contributed by atoms with van der Waals surface area (Å²) in [5.74, 6) is -0.870. The summed E-state index contributed by atoms with van der Waals surface area (Å²) in [7, 11) is 0. The third-order valence-corrected chi connectivity index (χ3v) is 3.51. The molecule has 0 bridgehead atoms. The van der Waals surface area contributed by atoms with Gasteiger partial charge in [0, 0.05) is 5.56 Å². The van der Waals surface area contributed by atoms with Crippen LogP contribution in [0.4, 0.5) is 5.69 Å². The van der Waals surface area contributed by atoms with Gasteiger partial charge < -0.3 is 10.4 Å². The second-order valence-corrected chi connectivity index (χ2v) is 5.60. The molecule has 0 atom stereocenters. The molecular formula is C15H19NO2. The maximum atomic E-state index is 11.5. The van der Waals surface area contributed by atoms with E-state index >= 15 is 0 Å². The van der Waals surface area contributed by atoms with Crippen molar-refractivity contribution in [2.45, 2.75) is 40.2 Å². The van der Waals surface area contributed by atoms with E-state index in [9.17, 15) is 9.90 Å². The highest BCUT2D eigenvalue weighted by molar-refractivity contribution is 6.00. The SMILES string of the molecule is CC1=CC(C)(C)Nc2c1cc(C)c(C)c2C(=O)O. The van der Waals surface area contributed by atoms with E-state index in [-0.39, 0.29) is 5.54 Å². The van der Waals surface area contributed by atoms with Crippen LogP contribution in [0.15, 0.2) is 12.1 Å². The molecule has 1 aliphatic heterocycles. The van der Waals surface area contributed by atoms with Gasteiger partial charge in [0.15, 0.2) is 0 Å². The van der Waals surface area contributed by atoms with E-state index in [2.05, 4.69) is 17.5 Å². The fourth-order valence-electron chi connectivity index (χ4n) is 2.60. The van der Waals surface area contributed by atoms with Crippen LogP contribution in [0.3, 0.4) is 0 Å². The molecule has 0 aliphatic carbocycles. The minimum Gasteiger partial charge on any atom is -0.478 e. The molecule has 1 aliphatic rings. The van der Waals surface area contributed by atoms with Crippen molar-refractivity contribution in [1.29, 1.82) is 0 Å². The van der Waals surface area contributed by atoms with Crippen LogP contribution in [-0.2, 0) is 0 Å². The van der Waals surface area contributed by atoms with Gasteiger partial charge >= 0.3 is 5.97 Å². The molecule has 0 saturated carbocycles. The Morgan fingerprint density at radius 3 is 2.44 bits per heavy atom. The van der Waals surface area contributed by atoms with Gasteiger partial charge in [0.1, 0.15) is 0 Å². The van der Waals surface area contributed by atoms with E-state index in [4.69, 9.17) is 0 Å². The molecule has 2 N–H and O–H groups in total. The number of aryl methyl sites for hydroxylation is 1. The zero-order valence-electron chi connectivity index (χ0n) is 11.5. The first-order chi connectivity index (χ1) is 8.23. The van der Waals surface area contributed by atoms with Gasteiger partial charge in [-0.15, -0.1) is 0 Å². The fraction of sp³-hybridized carbons (Fsp3) is 0.400. The number of carboxylic acids is 1. The number of rotatable bonds is 1. The summed E-state index contributed by atoms with van der Waals surface area (Å²) in [6.45, 7) is 9.93. The van der Waals surface area contributed by atoms with Gasteiger partial charge in [0.05, 0.1) is 16.8 Å². The zero-order chi connectivity index (χ0) is 13.7. The number of allylic oxidation sites excluding steroid dienone is 1. The largest absolute Gasteiger partial charge is 0.478 e. The monoisotopic (exact) mass is 245 g/mol. The summed E-state index contributed by atoms with van der Waals surface area (Å²) < 4.78 is 0. The lowest BCUT2D eigenvalue weighted by Gasteiger charge is -2.33. The Hall–Kier alpha value is -1.77. The lowest BCUT2D eigenvalue weighted by atomic mass is 9.86. The number of fused-ring (bicyclic) bond motifs is 1. The fourth-order valence-corrected chi connectivity index (χ4v) is 2.60. The summed E-state index contributed by atoms with van der Waals surface area (Å²) in [4.78, 5) is 11.5. The van der Waals surface area contributed by atoms with E-state index in [1.54, 1.807) is 0 Å². The Labute approximate surface area is 108 Å². The average molecular weight is 245 g/mol. The first kappa shape index (κ1) is 12.7. The Kier molecular flexibility index (Phi) is 2.73. The number of nitrogens with one attached hydrogen (secondary N) is 1. The number of anilines is 1. The molecule has 3 heteroatoms. The molecule has 1 heterocycles. The Balaban J connectivity index is 2.80. The predicted molar refractivity (Wildman–Crippen MR) is 74.2 cm³/mol. The van der Waals surface area contributed by atoms with E-state index in [0.29, 0.717) is 5.56 Å². The van der Waals surface area contributed by atoms with Gasteiger partial charge in [-0.3, -0.25) is 0 Å². The molecule has 1 aromatic carbocycles. The van der Waals surface area contributed by atoms with E-state index in [1.807, 2.05) is 34.6 Å². The second kappa shape index (κ2) is 3.87. The van der Waals surface area contributed by atoms with E-state index in [0.717, 1.165) is 28.0 Å². The van der Waals surface area contributed by atoms with Crippen LogP contribution in [0, 0.1) is 13.8 Å². The van der Waals surface area contributed by atoms with Crippen LogP contribution in [0.5, 0.6) is 0 Å². The van der Waals surface area contributed by atoms with E-state index < -0.39 is 5.97 Å². The number of hydrogen-bond donors (Lipinski definition) is 2. The molecule has 96 valence electrons. The first-order valence-corrected chi connectivity index (χ1v) is 6.08. The van der Waals surface area contributed by atoms with Crippen molar-refractivity contribution in [2.24, 2.45) is 0 Å². The lowest BCUT2D eigenvalue weighted by molar-refractivity contribution is 0.0697. The van der Waals surface area contributed by atoms with Crippen LogP contribution in [0.1, 0.15) is 47.8 Å². The van der Waals surface area contributed by atoms with Crippen molar-refractivity contribution in [2.75, 3.05) is 5.32 Å². The molecule has 18 heavy (non-hydrogen) atoms. The molecule has 0 aromatic heterocycles. The van der Waals surface area contributed by atoms with Gasteiger partial charge in [0.2, 0.25) is 0 Å². The molecule has 2 rings (SSSR count). The van der Waals surface area contributed by atoms with Crippen LogP contribution in [-0.4, -0.2) is 16.6 Å². The van der Waals surface area contributed by atoms with E-state index in [1.165, 1.54) is 0 Å². The van der Waals surface area contributed by atoms with Crippen molar-refractivity contribution in [3.05, 3.63) is 34.4 Å². The van der Waals surface area contributed by atoms with Crippen LogP contribution < -0.4 is 5.32 Å². The second-order valence-electron chi connectivity index (χ2n) is 5.60. The topological polar surface area (TPSA) is 49.3 Å². The molecule has 0 unspecified atom stereocenters. The first-order valence-electron chi connectivity index (χ1n) is 6.08. The molecule has 0 saturated heterocycles. The third-order valence-electron chi connectivity index (χ3n) is 3.51. The van der Waals surface area contributed by atoms with Gasteiger partial charge in [-0.1, -0.05) is 6.08 Å². The third kappa shape index (κ3) is 1.90. The van der Waals surface area contributed by atoms with Crippen LogP contribution >= 0.6 is 0 Å². The van der Waals surface area contributed by atoms with Gasteiger partial charge in [0.25, 0.3) is 0 Å². The standard InChI is InChI=1S/C15H19NO2/c1-8-6-11-9(2)7-15(4,5)16-13(11)12(10(8)3)14(17)18/h6-7,16H,1-5H3,(H,17,18). The maximum absolute atomic E-state index is 11.5. The molecule has 0 amide bonds. The van der Waals surface area contributed by atoms with Gasteiger partial charge in [-0.05, 0) is 57.4 Å². The summed E-state index contributed by atoms with van der Waals surface area (Å²) >= 11 is 0. The van der Waals surface area contributed by atoms with Crippen molar-refractivity contribution in [3.63, 3.8) is 0 Å². The zero-order valence-corrected chi connectivity index (χ0v) is 11.5. The summed E-state index contributed by atoms with van der Waals surface area (Å²) in [6.07, 6.45) is 2.13. The molecule has 1 aromatic rings. The smallest absolute Gasteiger partial charge is 0.338 e. The van der Waals surface area contributed by atoms with Crippen LogP contribution in [0.25, 0.3) is 5.57 Å². The Morgan fingerprint density at radius 2 is 1.89 bits per heavy atom. The average Bonchev–Trinajstić information content (AvgIpc) is 2.19. The number of hydrogen-bond acceptors (Lipinski definition) is 2. The van der Waals surface area contributed by atoms with Crippen molar-refractivity contribution < 1.29 is 9.90 Å². The quantitative estimate of drug-likeness (QED) is 0.794. The Morgan fingerprint density at radius 1 is 1.28 bits per heavy atom. The van der Waals surface area contributed by atoms with Crippen molar-refractivity contribution in [3.8, 4) is 0 Å². The lowest BCUT2D eigenvalue weighted by Crippen LogP contribution is -2.33. The number of carboxylic acid groups (broad SMARTS) is 1. The highest BCUT2D eigenvalue weighted by atomic mass is 16.4. The summed E-state index contributed by atoms with van der Waals surface area (Å²) in [6, 6.07) is 2.06. The summed E-state index contributed by atoms with van der Waals surface area (Å²) in [5.41, 5.74) is 4.89. The molecule has 0 radical (unpaired) electrons. The highest BCUT2D eigenvalue weighted by Crippen LogP contribution is 2.38. The van der Waals surface area contributed by atoms with Gasteiger partial charge in [-0.2, -0.15) is 0 Å². The molecule has 0 spiro atoms. The number of benzene rings is 1. The molecule has 0 fully saturated rings. The molecular weight excluding hydrogens is 226 g/mol.